The number of aromatic nitrogens is 3. The van der Waals surface area contributed by atoms with Gasteiger partial charge in [-0.05, 0) is 5.56 Å². The number of anilines is 1. The van der Waals surface area contributed by atoms with Crippen molar-refractivity contribution >= 4 is 12.2 Å². The number of rotatable bonds is 3. The number of hydrogen-bond acceptors (Lipinski definition) is 5. The van der Waals surface area contributed by atoms with Crippen LogP contribution in [0.4, 0.5) is 5.95 Å². The third kappa shape index (κ3) is 2.84. The fraction of sp³-hybridized carbons (Fsp3) is 0. The van der Waals surface area contributed by atoms with Crippen LogP contribution in [0.1, 0.15) is 5.56 Å². The summed E-state index contributed by atoms with van der Waals surface area (Å²) in [5, 5.41) is 11.4. The van der Waals surface area contributed by atoms with Gasteiger partial charge < -0.3 is 0 Å². The SMILES string of the molecule is C(=N/Nc1nccnn1)/c1ccccc1. The summed E-state index contributed by atoms with van der Waals surface area (Å²) in [6.07, 6.45) is 4.75. The van der Waals surface area contributed by atoms with Gasteiger partial charge in [-0.1, -0.05) is 30.3 Å². The molecule has 0 aliphatic heterocycles. The van der Waals surface area contributed by atoms with Crippen molar-refractivity contribution < 1.29 is 0 Å². The molecule has 1 heterocycles. The van der Waals surface area contributed by atoms with E-state index in [1.54, 1.807) is 12.4 Å². The van der Waals surface area contributed by atoms with Crippen LogP contribution in [0, 0.1) is 0 Å². The summed E-state index contributed by atoms with van der Waals surface area (Å²) < 4.78 is 0. The minimum Gasteiger partial charge on any atom is -0.244 e. The van der Waals surface area contributed by atoms with Crippen molar-refractivity contribution in [1.29, 1.82) is 0 Å². The van der Waals surface area contributed by atoms with E-state index in [0.29, 0.717) is 5.95 Å². The van der Waals surface area contributed by atoms with Crippen molar-refractivity contribution in [2.45, 2.75) is 0 Å². The predicted molar refractivity (Wildman–Crippen MR) is 57.5 cm³/mol. The van der Waals surface area contributed by atoms with E-state index in [2.05, 4.69) is 25.7 Å². The number of nitrogens with one attached hydrogen (secondary N) is 1. The number of hydrogen-bond donors (Lipinski definition) is 1. The molecule has 0 unspecified atom stereocenters. The van der Waals surface area contributed by atoms with Crippen molar-refractivity contribution in [1.82, 2.24) is 15.2 Å². The first-order valence-corrected chi connectivity index (χ1v) is 4.43. The molecule has 0 radical (unpaired) electrons. The van der Waals surface area contributed by atoms with Crippen LogP contribution in [0.3, 0.4) is 0 Å². The molecule has 1 aromatic carbocycles. The summed E-state index contributed by atoms with van der Waals surface area (Å²) in [4.78, 5) is 3.91. The number of benzene rings is 1. The van der Waals surface area contributed by atoms with Crippen LogP contribution in [0.25, 0.3) is 0 Å². The zero-order chi connectivity index (χ0) is 10.3. The molecule has 0 spiro atoms. The van der Waals surface area contributed by atoms with Crippen LogP contribution in [0.2, 0.25) is 0 Å². The second kappa shape index (κ2) is 4.80. The number of nitrogens with zero attached hydrogens (tertiary/aromatic N) is 4. The van der Waals surface area contributed by atoms with E-state index in [9.17, 15) is 0 Å². The third-order valence-electron chi connectivity index (χ3n) is 1.66. The molecule has 0 atom stereocenters. The maximum Gasteiger partial charge on any atom is 0.263 e. The minimum absolute atomic E-state index is 0.379. The third-order valence-corrected chi connectivity index (χ3v) is 1.66. The average molecular weight is 199 g/mol. The molecule has 2 rings (SSSR count). The lowest BCUT2D eigenvalue weighted by Crippen LogP contribution is -1.97. The Hall–Kier alpha value is -2.30. The highest BCUT2D eigenvalue weighted by Gasteiger charge is 1.89. The first-order valence-electron chi connectivity index (χ1n) is 4.43. The molecule has 0 amide bonds. The predicted octanol–water partition coefficient (Wildman–Crippen LogP) is 1.32. The Morgan fingerprint density at radius 3 is 2.73 bits per heavy atom. The monoisotopic (exact) mass is 199 g/mol. The van der Waals surface area contributed by atoms with E-state index in [1.165, 1.54) is 6.20 Å². The summed E-state index contributed by atoms with van der Waals surface area (Å²) in [6, 6.07) is 9.75. The standard InChI is InChI=1S/C10H9N5/c1-2-4-9(5-3-1)8-13-15-10-11-6-7-12-14-10/h1-8H,(H,11,14,15)/b13-8-. The Bertz CT molecular complexity index is 426. The Labute approximate surface area is 86.9 Å². The first kappa shape index (κ1) is 9.26. The van der Waals surface area contributed by atoms with Crippen LogP contribution in [0.15, 0.2) is 47.8 Å². The van der Waals surface area contributed by atoms with E-state index in [-0.39, 0.29) is 0 Å². The molecule has 0 fully saturated rings. The van der Waals surface area contributed by atoms with Crippen molar-refractivity contribution in [3.05, 3.63) is 48.3 Å². The molecule has 74 valence electrons. The topological polar surface area (TPSA) is 63.1 Å². The van der Waals surface area contributed by atoms with Gasteiger partial charge in [0.25, 0.3) is 5.95 Å². The Kier molecular flexibility index (Phi) is 2.97. The summed E-state index contributed by atoms with van der Waals surface area (Å²) in [6.45, 7) is 0. The minimum atomic E-state index is 0.379. The molecule has 15 heavy (non-hydrogen) atoms. The molecule has 0 saturated carbocycles. The summed E-state index contributed by atoms with van der Waals surface area (Å²) >= 11 is 0. The largest absolute Gasteiger partial charge is 0.263 e. The van der Waals surface area contributed by atoms with Gasteiger partial charge in [0.05, 0.1) is 18.6 Å². The molecular weight excluding hydrogens is 190 g/mol. The lowest BCUT2D eigenvalue weighted by molar-refractivity contribution is 0.962. The van der Waals surface area contributed by atoms with Crippen molar-refractivity contribution in [3.8, 4) is 0 Å². The first-order chi connectivity index (χ1) is 7.45. The van der Waals surface area contributed by atoms with Gasteiger partial charge >= 0.3 is 0 Å². The van der Waals surface area contributed by atoms with Crippen molar-refractivity contribution in [2.75, 3.05) is 5.43 Å². The molecule has 0 bridgehead atoms. The maximum absolute atomic E-state index is 3.97. The van der Waals surface area contributed by atoms with Gasteiger partial charge in [-0.25, -0.2) is 10.4 Å². The lowest BCUT2D eigenvalue weighted by Gasteiger charge is -1.94. The second-order valence-corrected chi connectivity index (χ2v) is 2.75. The average Bonchev–Trinajstić information content (AvgIpc) is 2.32. The van der Waals surface area contributed by atoms with Gasteiger partial charge in [0.2, 0.25) is 0 Å². The number of hydrazone groups is 1. The van der Waals surface area contributed by atoms with Crippen LogP contribution in [0.5, 0.6) is 0 Å². The van der Waals surface area contributed by atoms with E-state index in [1.807, 2.05) is 30.3 Å². The summed E-state index contributed by atoms with van der Waals surface area (Å²) in [5.74, 6) is 0.379. The van der Waals surface area contributed by atoms with Crippen LogP contribution < -0.4 is 5.43 Å². The van der Waals surface area contributed by atoms with Gasteiger partial charge in [-0.2, -0.15) is 10.2 Å². The molecule has 0 saturated heterocycles. The summed E-state index contributed by atoms with van der Waals surface area (Å²) in [7, 11) is 0. The molecule has 0 aliphatic rings. The fourth-order valence-corrected chi connectivity index (χ4v) is 1.00. The Morgan fingerprint density at radius 2 is 2.00 bits per heavy atom. The Balaban J connectivity index is 1.97. The molecule has 5 nitrogen and oxygen atoms in total. The maximum atomic E-state index is 3.97. The highest BCUT2D eigenvalue weighted by molar-refractivity contribution is 5.79. The quantitative estimate of drug-likeness (QED) is 0.598. The fourth-order valence-electron chi connectivity index (χ4n) is 1.00. The molecule has 5 heteroatoms. The zero-order valence-corrected chi connectivity index (χ0v) is 7.91. The molecule has 2 aromatic rings. The highest BCUT2D eigenvalue weighted by atomic mass is 15.4. The molecule has 1 N–H and O–H groups in total. The molecule has 1 aromatic heterocycles. The van der Waals surface area contributed by atoms with E-state index in [0.717, 1.165) is 5.56 Å². The van der Waals surface area contributed by atoms with Gasteiger partial charge in [0, 0.05) is 0 Å². The van der Waals surface area contributed by atoms with Crippen molar-refractivity contribution in [3.63, 3.8) is 0 Å². The smallest absolute Gasteiger partial charge is 0.244 e. The van der Waals surface area contributed by atoms with Gasteiger partial charge in [-0.3, -0.25) is 0 Å². The molecular formula is C10H9N5. The second-order valence-electron chi connectivity index (χ2n) is 2.75. The van der Waals surface area contributed by atoms with Gasteiger partial charge in [0.15, 0.2) is 0 Å². The zero-order valence-electron chi connectivity index (χ0n) is 7.91. The van der Waals surface area contributed by atoms with Crippen LogP contribution >= 0.6 is 0 Å². The van der Waals surface area contributed by atoms with E-state index < -0.39 is 0 Å². The molecule has 0 aliphatic carbocycles. The Morgan fingerprint density at radius 1 is 1.13 bits per heavy atom. The van der Waals surface area contributed by atoms with Crippen LogP contribution in [-0.2, 0) is 0 Å². The normalized spacial score (nSPS) is 10.4. The van der Waals surface area contributed by atoms with E-state index in [4.69, 9.17) is 0 Å². The van der Waals surface area contributed by atoms with Gasteiger partial charge in [-0.15, -0.1) is 5.10 Å². The highest BCUT2D eigenvalue weighted by Crippen LogP contribution is 1.95. The van der Waals surface area contributed by atoms with Gasteiger partial charge in [0.1, 0.15) is 0 Å². The van der Waals surface area contributed by atoms with Crippen molar-refractivity contribution in [2.24, 2.45) is 5.10 Å². The van der Waals surface area contributed by atoms with Crippen LogP contribution in [-0.4, -0.2) is 21.4 Å². The van der Waals surface area contributed by atoms with E-state index >= 15 is 0 Å². The summed E-state index contributed by atoms with van der Waals surface area (Å²) in [5.41, 5.74) is 3.69. The lowest BCUT2D eigenvalue weighted by atomic mass is 10.2.